The number of rotatable bonds is 4. The van der Waals surface area contributed by atoms with E-state index in [1.807, 2.05) is 24.3 Å². The second-order valence-electron chi connectivity index (χ2n) is 9.57. The van der Waals surface area contributed by atoms with E-state index in [1.165, 1.54) is 0 Å². The molecule has 1 fully saturated rings. The van der Waals surface area contributed by atoms with Crippen molar-refractivity contribution < 1.29 is 14.3 Å². The normalized spacial score (nSPS) is 20.1. The predicted octanol–water partition coefficient (Wildman–Crippen LogP) is 4.21. The zero-order chi connectivity index (χ0) is 20.8. The maximum absolute atomic E-state index is 13.3. The molecule has 0 aliphatic heterocycles. The van der Waals surface area contributed by atoms with Gasteiger partial charge in [-0.25, -0.2) is 4.79 Å². The van der Waals surface area contributed by atoms with E-state index in [4.69, 9.17) is 9.72 Å². The standard InChI is InChI=1S/C24H30N2O3/c1-14(22(27)25-16-10-11-16)29-23(28)21-17-7-5-6-8-19(17)26-20-12-9-15(13-18(20)21)24(2,3)4/h5-8,14-16H,9-13H2,1-4H3,(H,25,27). The number of nitrogens with one attached hydrogen (secondary N) is 1. The average molecular weight is 395 g/mol. The molecule has 1 amide bonds. The fourth-order valence-corrected chi connectivity index (χ4v) is 4.18. The summed E-state index contributed by atoms with van der Waals surface area (Å²) in [5, 5.41) is 3.71. The topological polar surface area (TPSA) is 68.3 Å². The predicted molar refractivity (Wildman–Crippen MR) is 113 cm³/mol. The molecule has 1 saturated carbocycles. The van der Waals surface area contributed by atoms with Gasteiger partial charge in [0.25, 0.3) is 5.91 Å². The molecule has 4 rings (SSSR count). The van der Waals surface area contributed by atoms with Crippen LogP contribution >= 0.6 is 0 Å². The second-order valence-corrected chi connectivity index (χ2v) is 9.57. The summed E-state index contributed by atoms with van der Waals surface area (Å²) >= 11 is 0. The lowest BCUT2D eigenvalue weighted by atomic mass is 9.70. The third kappa shape index (κ3) is 4.14. The summed E-state index contributed by atoms with van der Waals surface area (Å²) in [7, 11) is 0. The summed E-state index contributed by atoms with van der Waals surface area (Å²) < 4.78 is 5.64. The average Bonchev–Trinajstić information content (AvgIpc) is 3.48. The zero-order valence-electron chi connectivity index (χ0n) is 17.7. The van der Waals surface area contributed by atoms with Gasteiger partial charge in [0.15, 0.2) is 6.10 Å². The van der Waals surface area contributed by atoms with Crippen LogP contribution in [0.25, 0.3) is 10.9 Å². The smallest absolute Gasteiger partial charge is 0.339 e. The maximum atomic E-state index is 13.3. The first-order chi connectivity index (χ1) is 13.7. The van der Waals surface area contributed by atoms with E-state index >= 15 is 0 Å². The molecule has 0 bridgehead atoms. The van der Waals surface area contributed by atoms with Crippen molar-refractivity contribution in [1.82, 2.24) is 10.3 Å². The van der Waals surface area contributed by atoms with Crippen molar-refractivity contribution in [2.75, 3.05) is 0 Å². The van der Waals surface area contributed by atoms with Gasteiger partial charge in [0, 0.05) is 17.1 Å². The molecule has 1 heterocycles. The summed E-state index contributed by atoms with van der Waals surface area (Å²) in [6.07, 6.45) is 3.93. The molecule has 154 valence electrons. The van der Waals surface area contributed by atoms with Gasteiger partial charge in [-0.2, -0.15) is 0 Å². The number of fused-ring (bicyclic) bond motifs is 2. The maximum Gasteiger partial charge on any atom is 0.339 e. The van der Waals surface area contributed by atoms with E-state index in [0.717, 1.165) is 54.3 Å². The van der Waals surface area contributed by atoms with E-state index in [9.17, 15) is 9.59 Å². The fraction of sp³-hybridized carbons (Fsp3) is 0.542. The van der Waals surface area contributed by atoms with Crippen LogP contribution < -0.4 is 5.32 Å². The number of esters is 1. The van der Waals surface area contributed by atoms with E-state index in [1.54, 1.807) is 6.92 Å². The Morgan fingerprint density at radius 2 is 1.90 bits per heavy atom. The highest BCUT2D eigenvalue weighted by Gasteiger charge is 2.34. The van der Waals surface area contributed by atoms with Crippen molar-refractivity contribution in [1.29, 1.82) is 0 Å². The number of nitrogens with zero attached hydrogens (tertiary/aromatic N) is 1. The van der Waals surface area contributed by atoms with Gasteiger partial charge < -0.3 is 10.1 Å². The van der Waals surface area contributed by atoms with E-state index in [2.05, 4.69) is 26.1 Å². The number of carbonyl (C=O) groups excluding carboxylic acids is 2. The number of hydrogen-bond acceptors (Lipinski definition) is 4. The lowest BCUT2D eigenvalue weighted by molar-refractivity contribution is -0.129. The highest BCUT2D eigenvalue weighted by molar-refractivity contribution is 6.05. The van der Waals surface area contributed by atoms with Gasteiger partial charge in [0.1, 0.15) is 0 Å². The summed E-state index contributed by atoms with van der Waals surface area (Å²) in [5.41, 5.74) is 3.54. The molecular weight excluding hydrogens is 364 g/mol. The van der Waals surface area contributed by atoms with Gasteiger partial charge in [-0.05, 0) is 62.0 Å². The molecule has 2 aliphatic carbocycles. The molecule has 2 aromatic rings. The zero-order valence-corrected chi connectivity index (χ0v) is 17.7. The number of aromatic nitrogens is 1. The van der Waals surface area contributed by atoms with Crippen molar-refractivity contribution in [3.63, 3.8) is 0 Å². The van der Waals surface area contributed by atoms with Crippen LogP contribution in [0.5, 0.6) is 0 Å². The molecule has 2 unspecified atom stereocenters. The molecular formula is C24H30N2O3. The summed E-state index contributed by atoms with van der Waals surface area (Å²) in [5.74, 6) is -0.173. The molecule has 1 aromatic heterocycles. The van der Waals surface area contributed by atoms with Gasteiger partial charge >= 0.3 is 5.97 Å². The summed E-state index contributed by atoms with van der Waals surface area (Å²) in [6.45, 7) is 8.39. The minimum absolute atomic E-state index is 0.155. The first-order valence-electron chi connectivity index (χ1n) is 10.7. The molecule has 5 nitrogen and oxygen atoms in total. The van der Waals surface area contributed by atoms with Crippen LogP contribution in [-0.4, -0.2) is 29.0 Å². The SMILES string of the molecule is CC(OC(=O)c1c2c(nc3ccccc13)CCC(C(C)(C)C)C2)C(=O)NC1CC1. The molecule has 0 saturated heterocycles. The van der Waals surface area contributed by atoms with Gasteiger partial charge in [0.2, 0.25) is 0 Å². The van der Waals surface area contributed by atoms with E-state index in [-0.39, 0.29) is 17.4 Å². The van der Waals surface area contributed by atoms with Crippen LogP contribution in [0, 0.1) is 11.3 Å². The molecule has 0 radical (unpaired) electrons. The van der Waals surface area contributed by atoms with Gasteiger partial charge in [-0.3, -0.25) is 9.78 Å². The molecule has 29 heavy (non-hydrogen) atoms. The Hall–Kier alpha value is -2.43. The van der Waals surface area contributed by atoms with Crippen molar-refractivity contribution in [3.05, 3.63) is 41.1 Å². The monoisotopic (exact) mass is 394 g/mol. The fourth-order valence-electron chi connectivity index (χ4n) is 4.18. The lowest BCUT2D eigenvalue weighted by Crippen LogP contribution is -2.37. The number of benzene rings is 1. The first kappa shape index (κ1) is 19.9. The molecule has 5 heteroatoms. The van der Waals surface area contributed by atoms with Crippen LogP contribution in [0.2, 0.25) is 0 Å². The Morgan fingerprint density at radius 3 is 2.59 bits per heavy atom. The van der Waals surface area contributed by atoms with Crippen LogP contribution in [0.4, 0.5) is 0 Å². The highest BCUT2D eigenvalue weighted by Crippen LogP contribution is 2.39. The Kier molecular flexibility index (Phi) is 5.09. The minimum atomic E-state index is -0.812. The Morgan fingerprint density at radius 1 is 1.17 bits per heavy atom. The summed E-state index contributed by atoms with van der Waals surface area (Å²) in [4.78, 5) is 30.4. The molecule has 2 atom stereocenters. The van der Waals surface area contributed by atoms with E-state index in [0.29, 0.717) is 11.5 Å². The number of amides is 1. The third-order valence-electron chi connectivity index (χ3n) is 6.26. The number of para-hydroxylation sites is 1. The van der Waals surface area contributed by atoms with Crippen LogP contribution in [-0.2, 0) is 22.4 Å². The lowest BCUT2D eigenvalue weighted by Gasteiger charge is -2.35. The summed E-state index contributed by atoms with van der Waals surface area (Å²) in [6, 6.07) is 7.95. The highest BCUT2D eigenvalue weighted by atomic mass is 16.5. The van der Waals surface area contributed by atoms with Crippen LogP contribution in [0.15, 0.2) is 24.3 Å². The van der Waals surface area contributed by atoms with E-state index < -0.39 is 12.1 Å². The minimum Gasteiger partial charge on any atom is -0.449 e. The quantitative estimate of drug-likeness (QED) is 0.789. The molecule has 0 spiro atoms. The Labute approximate surface area is 172 Å². The van der Waals surface area contributed by atoms with Crippen molar-refractivity contribution in [2.24, 2.45) is 11.3 Å². The van der Waals surface area contributed by atoms with Crippen molar-refractivity contribution >= 4 is 22.8 Å². The van der Waals surface area contributed by atoms with Crippen LogP contribution in [0.1, 0.15) is 68.6 Å². The van der Waals surface area contributed by atoms with Crippen molar-refractivity contribution in [3.8, 4) is 0 Å². The van der Waals surface area contributed by atoms with Gasteiger partial charge in [-0.1, -0.05) is 39.0 Å². The van der Waals surface area contributed by atoms with Gasteiger partial charge in [-0.15, -0.1) is 0 Å². The number of carbonyl (C=O) groups is 2. The first-order valence-corrected chi connectivity index (χ1v) is 10.7. The molecule has 1 N–H and O–H groups in total. The van der Waals surface area contributed by atoms with Gasteiger partial charge in [0.05, 0.1) is 11.1 Å². The Balaban J connectivity index is 1.69. The third-order valence-corrected chi connectivity index (χ3v) is 6.26. The van der Waals surface area contributed by atoms with Crippen molar-refractivity contribution in [2.45, 2.75) is 71.9 Å². The number of hydrogen-bond donors (Lipinski definition) is 1. The number of ether oxygens (including phenoxy) is 1. The second kappa shape index (κ2) is 7.43. The molecule has 2 aliphatic rings. The number of pyridine rings is 1. The molecule has 1 aromatic carbocycles. The number of aryl methyl sites for hydroxylation is 1. The largest absolute Gasteiger partial charge is 0.449 e. The van der Waals surface area contributed by atoms with Crippen LogP contribution in [0.3, 0.4) is 0 Å². The Bertz CT molecular complexity index is 956.